The number of rotatable bonds is 3. The molecule has 138 valence electrons. The molecule has 0 aliphatic rings. The van der Waals surface area contributed by atoms with Crippen LogP contribution in [0.4, 0.5) is 5.69 Å². The second kappa shape index (κ2) is 7.08. The first kappa shape index (κ1) is 18.2. The van der Waals surface area contributed by atoms with Crippen molar-refractivity contribution < 1.29 is 0 Å². The zero-order chi connectivity index (χ0) is 19.8. The Hall–Kier alpha value is -3.21. The van der Waals surface area contributed by atoms with Crippen LogP contribution in [-0.2, 0) is 6.54 Å². The van der Waals surface area contributed by atoms with Gasteiger partial charge in [0.25, 0.3) is 5.56 Å². The largest absolute Gasteiger partial charge is 0.398 e. The highest BCUT2D eigenvalue weighted by molar-refractivity contribution is 7.15. The van der Waals surface area contributed by atoms with Crippen LogP contribution >= 0.6 is 22.9 Å². The molecule has 6 nitrogen and oxygen atoms in total. The molecular formula is C20H14ClN5OS. The molecule has 4 rings (SSSR count). The summed E-state index contributed by atoms with van der Waals surface area (Å²) < 4.78 is 1.61. The van der Waals surface area contributed by atoms with Gasteiger partial charge in [-0.05, 0) is 36.8 Å². The number of benzene rings is 2. The molecule has 0 radical (unpaired) electrons. The van der Waals surface area contributed by atoms with Crippen molar-refractivity contribution in [3.05, 3.63) is 74.2 Å². The minimum absolute atomic E-state index is 0.160. The Labute approximate surface area is 169 Å². The van der Waals surface area contributed by atoms with Crippen LogP contribution in [0.15, 0.2) is 47.4 Å². The monoisotopic (exact) mass is 407 g/mol. The van der Waals surface area contributed by atoms with Crippen molar-refractivity contribution in [3.63, 3.8) is 0 Å². The second-order valence-corrected chi connectivity index (χ2v) is 7.74. The van der Waals surface area contributed by atoms with E-state index < -0.39 is 0 Å². The zero-order valence-electron chi connectivity index (χ0n) is 14.8. The number of nitriles is 1. The Balaban J connectivity index is 1.83. The van der Waals surface area contributed by atoms with Crippen LogP contribution in [0.5, 0.6) is 0 Å². The summed E-state index contributed by atoms with van der Waals surface area (Å²) in [5.41, 5.74) is 8.62. The Morgan fingerprint density at radius 3 is 2.71 bits per heavy atom. The van der Waals surface area contributed by atoms with Gasteiger partial charge in [0.15, 0.2) is 0 Å². The van der Waals surface area contributed by atoms with Crippen molar-refractivity contribution in [2.45, 2.75) is 13.5 Å². The molecule has 2 aromatic carbocycles. The fourth-order valence-electron chi connectivity index (χ4n) is 2.99. The number of fused-ring (bicyclic) bond motifs is 1. The predicted molar refractivity (Wildman–Crippen MR) is 112 cm³/mol. The fraction of sp³-hybridized carbons (Fsp3) is 0.100. The third kappa shape index (κ3) is 3.24. The van der Waals surface area contributed by atoms with Gasteiger partial charge in [0.1, 0.15) is 21.8 Å². The molecule has 8 heteroatoms. The van der Waals surface area contributed by atoms with Gasteiger partial charge in [0.2, 0.25) is 0 Å². The van der Waals surface area contributed by atoms with Gasteiger partial charge in [-0.15, -0.1) is 11.3 Å². The van der Waals surface area contributed by atoms with E-state index in [-0.39, 0.29) is 5.56 Å². The molecule has 2 aromatic heterocycles. The molecule has 0 bridgehead atoms. The summed E-state index contributed by atoms with van der Waals surface area (Å²) in [4.78, 5) is 22.4. The van der Waals surface area contributed by atoms with Crippen molar-refractivity contribution in [3.8, 4) is 16.6 Å². The minimum atomic E-state index is -0.160. The Morgan fingerprint density at radius 1 is 1.29 bits per heavy atom. The predicted octanol–water partition coefficient (Wildman–Crippen LogP) is 3.98. The summed E-state index contributed by atoms with van der Waals surface area (Å²) in [5.74, 6) is 0.597. The van der Waals surface area contributed by atoms with Gasteiger partial charge in [0.05, 0.1) is 23.6 Å². The van der Waals surface area contributed by atoms with Crippen LogP contribution < -0.4 is 11.3 Å². The maximum absolute atomic E-state index is 13.1. The molecule has 28 heavy (non-hydrogen) atoms. The molecule has 0 saturated heterocycles. The number of hydrogen-bond acceptors (Lipinski definition) is 6. The summed E-state index contributed by atoms with van der Waals surface area (Å²) in [7, 11) is 0. The third-order valence-electron chi connectivity index (χ3n) is 4.42. The first-order valence-corrected chi connectivity index (χ1v) is 9.57. The lowest BCUT2D eigenvalue weighted by atomic mass is 10.1. The Bertz CT molecular complexity index is 1300. The average molecular weight is 408 g/mol. The van der Waals surface area contributed by atoms with Gasteiger partial charge in [-0.1, -0.05) is 23.7 Å². The van der Waals surface area contributed by atoms with E-state index in [0.717, 1.165) is 5.56 Å². The number of anilines is 1. The SMILES string of the molecule is Cc1nc2cc(-c3ncc(C#N)s3)c(N)cc2c(=O)n1Cc1ccc(Cl)cc1. The molecule has 0 aliphatic heterocycles. The van der Waals surface area contributed by atoms with E-state index in [2.05, 4.69) is 16.0 Å². The molecule has 2 N–H and O–H groups in total. The van der Waals surface area contributed by atoms with Crippen molar-refractivity contribution >= 4 is 39.5 Å². The van der Waals surface area contributed by atoms with E-state index in [1.807, 2.05) is 12.1 Å². The first-order valence-electron chi connectivity index (χ1n) is 8.37. The maximum Gasteiger partial charge on any atom is 0.261 e. The normalized spacial score (nSPS) is 10.9. The van der Waals surface area contributed by atoms with Gasteiger partial charge in [-0.25, -0.2) is 9.97 Å². The summed E-state index contributed by atoms with van der Waals surface area (Å²) in [5, 5.41) is 10.7. The smallest absolute Gasteiger partial charge is 0.261 e. The summed E-state index contributed by atoms with van der Waals surface area (Å²) in [6, 6.07) is 12.8. The maximum atomic E-state index is 13.1. The summed E-state index contributed by atoms with van der Waals surface area (Å²) in [6.07, 6.45) is 1.51. The average Bonchev–Trinajstić information content (AvgIpc) is 3.16. The molecule has 0 unspecified atom stereocenters. The Morgan fingerprint density at radius 2 is 2.04 bits per heavy atom. The highest BCUT2D eigenvalue weighted by Crippen LogP contribution is 2.32. The van der Waals surface area contributed by atoms with Crippen LogP contribution in [0.2, 0.25) is 5.02 Å². The van der Waals surface area contributed by atoms with Gasteiger partial charge >= 0.3 is 0 Å². The van der Waals surface area contributed by atoms with Crippen LogP contribution in [0, 0.1) is 18.3 Å². The van der Waals surface area contributed by atoms with Crippen LogP contribution in [0.1, 0.15) is 16.3 Å². The van der Waals surface area contributed by atoms with E-state index in [1.54, 1.807) is 35.8 Å². The summed E-state index contributed by atoms with van der Waals surface area (Å²) >= 11 is 7.18. The molecule has 0 fully saturated rings. The highest BCUT2D eigenvalue weighted by atomic mass is 35.5. The molecule has 4 aromatic rings. The zero-order valence-corrected chi connectivity index (χ0v) is 16.4. The van der Waals surface area contributed by atoms with Gasteiger partial charge in [0, 0.05) is 16.3 Å². The van der Waals surface area contributed by atoms with E-state index in [9.17, 15) is 4.79 Å². The van der Waals surface area contributed by atoms with Gasteiger partial charge in [-0.3, -0.25) is 9.36 Å². The molecule has 0 amide bonds. The third-order valence-corrected chi connectivity index (χ3v) is 5.60. The van der Waals surface area contributed by atoms with E-state index in [4.69, 9.17) is 22.6 Å². The van der Waals surface area contributed by atoms with Crippen molar-refractivity contribution in [2.24, 2.45) is 0 Å². The van der Waals surface area contributed by atoms with Crippen LogP contribution in [-0.4, -0.2) is 14.5 Å². The number of aryl methyl sites for hydroxylation is 1. The number of nitrogen functional groups attached to an aromatic ring is 1. The van der Waals surface area contributed by atoms with Gasteiger partial charge in [-0.2, -0.15) is 5.26 Å². The number of thiazole rings is 1. The van der Waals surface area contributed by atoms with Crippen molar-refractivity contribution in [2.75, 3.05) is 5.73 Å². The Kier molecular flexibility index (Phi) is 4.59. The molecular weight excluding hydrogens is 394 g/mol. The fourth-order valence-corrected chi connectivity index (χ4v) is 3.87. The number of hydrogen-bond donors (Lipinski definition) is 1. The standard InChI is InChI=1S/C20H14ClN5OS/c1-11-25-18-7-15(19-24-9-14(8-22)28-19)17(23)6-16(18)20(27)26(11)10-12-2-4-13(21)5-3-12/h2-7,9H,10,23H2,1H3. The van der Waals surface area contributed by atoms with Gasteiger partial charge < -0.3 is 5.73 Å². The highest BCUT2D eigenvalue weighted by Gasteiger charge is 2.14. The van der Waals surface area contributed by atoms with E-state index >= 15 is 0 Å². The molecule has 0 spiro atoms. The van der Waals surface area contributed by atoms with Crippen molar-refractivity contribution in [1.29, 1.82) is 5.26 Å². The quantitative estimate of drug-likeness (QED) is 0.518. The number of halogens is 1. The number of nitrogens with zero attached hydrogens (tertiary/aromatic N) is 4. The molecule has 0 saturated carbocycles. The topological polar surface area (TPSA) is 97.6 Å². The molecule has 0 atom stereocenters. The number of aromatic nitrogens is 3. The molecule has 2 heterocycles. The minimum Gasteiger partial charge on any atom is -0.398 e. The van der Waals surface area contributed by atoms with E-state index in [0.29, 0.717) is 49.4 Å². The second-order valence-electron chi connectivity index (χ2n) is 6.27. The van der Waals surface area contributed by atoms with Crippen LogP contribution in [0.3, 0.4) is 0 Å². The van der Waals surface area contributed by atoms with E-state index in [1.165, 1.54) is 17.5 Å². The first-order chi connectivity index (χ1) is 13.5. The van der Waals surface area contributed by atoms with Crippen LogP contribution in [0.25, 0.3) is 21.5 Å². The molecule has 0 aliphatic carbocycles. The lowest BCUT2D eigenvalue weighted by molar-refractivity contribution is 0.713. The lowest BCUT2D eigenvalue weighted by Gasteiger charge is -2.12. The lowest BCUT2D eigenvalue weighted by Crippen LogP contribution is -2.24. The van der Waals surface area contributed by atoms with Crippen molar-refractivity contribution in [1.82, 2.24) is 14.5 Å². The summed E-state index contributed by atoms with van der Waals surface area (Å²) in [6.45, 7) is 2.19. The number of nitrogens with two attached hydrogens (primary N) is 1.